The minimum absolute atomic E-state index is 0.304. The zero-order valence-corrected chi connectivity index (χ0v) is 8.99. The summed E-state index contributed by atoms with van der Waals surface area (Å²) in [5, 5.41) is 9.39. The first-order chi connectivity index (χ1) is 6.59. The Morgan fingerprint density at radius 1 is 1.36 bits per heavy atom. The van der Waals surface area contributed by atoms with Crippen LogP contribution in [0.15, 0.2) is 0 Å². The fraction of sp³-hybridized carbons (Fsp3) is 0.909. The van der Waals surface area contributed by atoms with Gasteiger partial charge in [-0.3, -0.25) is 9.69 Å². The largest absolute Gasteiger partial charge is 0.480 e. The van der Waals surface area contributed by atoms with Gasteiger partial charge in [-0.15, -0.1) is 0 Å². The van der Waals surface area contributed by atoms with Crippen LogP contribution in [0.25, 0.3) is 0 Å². The van der Waals surface area contributed by atoms with Crippen molar-refractivity contribution in [2.45, 2.75) is 38.6 Å². The van der Waals surface area contributed by atoms with Gasteiger partial charge in [-0.1, -0.05) is 13.8 Å². The minimum atomic E-state index is -0.606. The average Bonchev–Trinajstić information content (AvgIpc) is 2.65. The summed E-state index contributed by atoms with van der Waals surface area (Å²) in [6.45, 7) is 6.19. The number of carbonyl (C=O) groups is 1. The second-order valence-electron chi connectivity index (χ2n) is 4.89. The van der Waals surface area contributed by atoms with Crippen molar-refractivity contribution in [3.8, 4) is 0 Å². The van der Waals surface area contributed by atoms with E-state index >= 15 is 0 Å². The third kappa shape index (κ3) is 1.11. The van der Waals surface area contributed by atoms with E-state index < -0.39 is 11.5 Å². The minimum Gasteiger partial charge on any atom is -0.480 e. The molecular weight excluding hydrogens is 178 g/mol. The van der Waals surface area contributed by atoms with E-state index in [0.29, 0.717) is 11.8 Å². The first-order valence-corrected chi connectivity index (χ1v) is 5.57. The summed E-state index contributed by atoms with van der Waals surface area (Å²) in [5.41, 5.74) is -0.518. The maximum atomic E-state index is 11.4. The van der Waals surface area contributed by atoms with E-state index in [1.54, 1.807) is 0 Å². The van der Waals surface area contributed by atoms with Gasteiger partial charge in [0.15, 0.2) is 0 Å². The van der Waals surface area contributed by atoms with Crippen molar-refractivity contribution in [3.05, 3.63) is 0 Å². The summed E-state index contributed by atoms with van der Waals surface area (Å²) in [6.07, 6.45) is 3.16. The molecule has 0 aromatic heterocycles. The molecule has 0 aromatic carbocycles. The second kappa shape index (κ2) is 3.23. The molecule has 2 aliphatic rings. The highest BCUT2D eigenvalue weighted by molar-refractivity contribution is 5.81. The van der Waals surface area contributed by atoms with Gasteiger partial charge in [0.1, 0.15) is 5.54 Å². The molecule has 3 atom stereocenters. The Morgan fingerprint density at radius 3 is 2.29 bits per heavy atom. The topological polar surface area (TPSA) is 40.5 Å². The number of likely N-dealkylation sites (tertiary alicyclic amines) is 1. The molecule has 2 fully saturated rings. The first kappa shape index (κ1) is 9.97. The van der Waals surface area contributed by atoms with E-state index in [9.17, 15) is 9.90 Å². The van der Waals surface area contributed by atoms with Crippen molar-refractivity contribution < 1.29 is 9.90 Å². The van der Waals surface area contributed by atoms with E-state index in [2.05, 4.69) is 18.7 Å². The molecule has 1 saturated heterocycles. The van der Waals surface area contributed by atoms with Gasteiger partial charge in [0.25, 0.3) is 0 Å². The van der Waals surface area contributed by atoms with Crippen LogP contribution in [0.1, 0.15) is 33.1 Å². The van der Waals surface area contributed by atoms with Gasteiger partial charge in [0.2, 0.25) is 0 Å². The van der Waals surface area contributed by atoms with E-state index in [4.69, 9.17) is 0 Å². The lowest BCUT2D eigenvalue weighted by Gasteiger charge is -2.54. The van der Waals surface area contributed by atoms with Gasteiger partial charge in [0, 0.05) is 0 Å². The van der Waals surface area contributed by atoms with Crippen LogP contribution in [-0.2, 0) is 4.79 Å². The van der Waals surface area contributed by atoms with Crippen LogP contribution < -0.4 is 0 Å². The molecular formula is C11H19NO2. The van der Waals surface area contributed by atoms with Crippen LogP contribution in [0.2, 0.25) is 0 Å². The monoisotopic (exact) mass is 197 g/mol. The maximum absolute atomic E-state index is 11.4. The third-order valence-corrected chi connectivity index (χ3v) is 4.28. The van der Waals surface area contributed by atoms with Crippen LogP contribution in [0.3, 0.4) is 0 Å². The molecule has 3 heteroatoms. The summed E-state index contributed by atoms with van der Waals surface area (Å²) in [5.74, 6) is 0.259. The molecule has 0 radical (unpaired) electrons. The van der Waals surface area contributed by atoms with Gasteiger partial charge < -0.3 is 5.11 Å². The highest BCUT2D eigenvalue weighted by Crippen LogP contribution is 2.48. The van der Waals surface area contributed by atoms with Crippen LogP contribution in [-0.4, -0.2) is 34.6 Å². The lowest BCUT2D eigenvalue weighted by atomic mass is 9.59. The zero-order chi connectivity index (χ0) is 10.3. The summed E-state index contributed by atoms with van der Waals surface area (Å²) in [7, 11) is 0. The fourth-order valence-electron chi connectivity index (χ4n) is 3.11. The molecule has 14 heavy (non-hydrogen) atoms. The summed E-state index contributed by atoms with van der Waals surface area (Å²) >= 11 is 0. The Morgan fingerprint density at radius 2 is 1.93 bits per heavy atom. The maximum Gasteiger partial charge on any atom is 0.324 e. The van der Waals surface area contributed by atoms with Crippen molar-refractivity contribution in [1.82, 2.24) is 4.90 Å². The average molecular weight is 197 g/mol. The van der Waals surface area contributed by atoms with Gasteiger partial charge in [0.05, 0.1) is 0 Å². The Hall–Kier alpha value is -0.570. The molecule has 0 amide bonds. The molecule has 0 spiro atoms. The van der Waals surface area contributed by atoms with Crippen molar-refractivity contribution in [3.63, 3.8) is 0 Å². The molecule has 0 aromatic rings. The van der Waals surface area contributed by atoms with Gasteiger partial charge >= 0.3 is 5.97 Å². The number of carboxylic acid groups (broad SMARTS) is 1. The number of hydrogen-bond donors (Lipinski definition) is 1. The summed E-state index contributed by atoms with van der Waals surface area (Å²) < 4.78 is 0. The van der Waals surface area contributed by atoms with Crippen LogP contribution >= 0.6 is 0 Å². The fourth-order valence-corrected chi connectivity index (χ4v) is 3.11. The Bertz CT molecular complexity index is 248. The summed E-state index contributed by atoms with van der Waals surface area (Å²) in [6, 6.07) is 0. The van der Waals surface area contributed by atoms with Crippen LogP contribution in [0.5, 0.6) is 0 Å². The SMILES string of the molecule is CC1CC(C(=O)O)(N2CCCC2)C1C. The molecule has 3 nitrogen and oxygen atoms in total. The van der Waals surface area contributed by atoms with E-state index in [1.807, 2.05) is 0 Å². The van der Waals surface area contributed by atoms with Gasteiger partial charge in [-0.05, 0) is 44.2 Å². The van der Waals surface area contributed by atoms with Crippen LogP contribution in [0.4, 0.5) is 0 Å². The van der Waals surface area contributed by atoms with Crippen LogP contribution in [0, 0.1) is 11.8 Å². The zero-order valence-electron chi connectivity index (χ0n) is 8.99. The Balaban J connectivity index is 2.19. The molecule has 1 aliphatic carbocycles. The molecule has 1 saturated carbocycles. The number of rotatable bonds is 2. The lowest BCUT2D eigenvalue weighted by Crippen LogP contribution is -2.66. The van der Waals surface area contributed by atoms with Crippen molar-refractivity contribution >= 4 is 5.97 Å². The van der Waals surface area contributed by atoms with Gasteiger partial charge in [-0.25, -0.2) is 0 Å². The molecule has 80 valence electrons. The molecule has 2 rings (SSSR count). The smallest absolute Gasteiger partial charge is 0.324 e. The van der Waals surface area contributed by atoms with Crippen molar-refractivity contribution in [2.24, 2.45) is 11.8 Å². The Labute approximate surface area is 85.1 Å². The number of hydrogen-bond acceptors (Lipinski definition) is 2. The predicted molar refractivity (Wildman–Crippen MR) is 54.1 cm³/mol. The van der Waals surface area contributed by atoms with Crippen molar-refractivity contribution in [2.75, 3.05) is 13.1 Å². The lowest BCUT2D eigenvalue weighted by molar-refractivity contribution is -0.170. The quantitative estimate of drug-likeness (QED) is 0.730. The first-order valence-electron chi connectivity index (χ1n) is 5.57. The normalized spacial score (nSPS) is 43.6. The van der Waals surface area contributed by atoms with Crippen molar-refractivity contribution in [1.29, 1.82) is 0 Å². The summed E-state index contributed by atoms with van der Waals surface area (Å²) in [4.78, 5) is 13.6. The molecule has 1 aliphatic heterocycles. The number of carboxylic acids is 1. The third-order valence-electron chi connectivity index (χ3n) is 4.28. The Kier molecular flexibility index (Phi) is 2.30. The number of nitrogens with zero attached hydrogens (tertiary/aromatic N) is 1. The molecule has 1 N–H and O–H groups in total. The van der Waals surface area contributed by atoms with Gasteiger partial charge in [-0.2, -0.15) is 0 Å². The number of aliphatic carboxylic acids is 1. The predicted octanol–water partition coefficient (Wildman–Crippen LogP) is 1.58. The van der Waals surface area contributed by atoms with E-state index in [1.165, 1.54) is 0 Å². The molecule has 1 heterocycles. The van der Waals surface area contributed by atoms with E-state index in [0.717, 1.165) is 32.4 Å². The highest BCUT2D eigenvalue weighted by Gasteiger charge is 2.58. The molecule has 0 bridgehead atoms. The standard InChI is InChI=1S/C11H19NO2/c1-8-7-11(9(8)2,10(13)14)12-5-3-4-6-12/h8-9H,3-7H2,1-2H3,(H,13,14). The highest BCUT2D eigenvalue weighted by atomic mass is 16.4. The molecule has 3 unspecified atom stereocenters. The second-order valence-corrected chi connectivity index (χ2v) is 4.89. The van der Waals surface area contributed by atoms with E-state index in [-0.39, 0.29) is 0 Å².